The Morgan fingerprint density at radius 3 is 2.69 bits per heavy atom. The first kappa shape index (κ1) is 21.3. The number of nitrogens with one attached hydrogen (secondary N) is 1. The van der Waals surface area contributed by atoms with Gasteiger partial charge >= 0.3 is 0 Å². The number of hydrogen-bond donors (Lipinski definition) is 2. The third-order valence-electron chi connectivity index (χ3n) is 5.39. The van der Waals surface area contributed by atoms with E-state index >= 15 is 0 Å². The lowest BCUT2D eigenvalue weighted by Crippen LogP contribution is -2.53. The zero-order chi connectivity index (χ0) is 20.9. The van der Waals surface area contributed by atoms with Gasteiger partial charge < -0.3 is 15.2 Å². The fraction of sp³-hybridized carbons (Fsp3) is 0.435. The summed E-state index contributed by atoms with van der Waals surface area (Å²) in [5, 5.41) is 13.8. The number of ether oxygens (including phenoxy) is 1. The molecule has 1 aliphatic rings. The fourth-order valence-electron chi connectivity index (χ4n) is 3.54. The molecule has 1 unspecified atom stereocenters. The van der Waals surface area contributed by atoms with Crippen LogP contribution in [0.15, 0.2) is 42.5 Å². The monoisotopic (exact) mass is 400 g/mol. The second-order valence-electron chi connectivity index (χ2n) is 7.98. The van der Waals surface area contributed by atoms with Gasteiger partial charge in [0, 0.05) is 13.1 Å². The molecule has 0 aromatic heterocycles. The van der Waals surface area contributed by atoms with E-state index in [0.29, 0.717) is 19.5 Å². The van der Waals surface area contributed by atoms with E-state index in [4.69, 9.17) is 4.74 Å². The van der Waals surface area contributed by atoms with Crippen molar-refractivity contribution in [2.45, 2.75) is 38.8 Å². The Hall–Kier alpha value is -2.44. The molecule has 5 nitrogen and oxygen atoms in total. The highest BCUT2D eigenvalue weighted by Gasteiger charge is 2.34. The van der Waals surface area contributed by atoms with Gasteiger partial charge in [-0.1, -0.05) is 18.2 Å². The molecular weight excluding hydrogens is 371 g/mol. The number of carbonyl (C=O) groups excluding carboxylic acids is 1. The molecule has 0 spiro atoms. The van der Waals surface area contributed by atoms with E-state index in [0.717, 1.165) is 29.8 Å². The smallest absolute Gasteiger partial charge is 0.234 e. The van der Waals surface area contributed by atoms with Crippen LogP contribution in [-0.4, -0.2) is 47.8 Å². The third-order valence-corrected chi connectivity index (χ3v) is 5.39. The van der Waals surface area contributed by atoms with Crippen LogP contribution in [0.2, 0.25) is 0 Å². The first-order valence-electron chi connectivity index (χ1n) is 9.99. The van der Waals surface area contributed by atoms with E-state index in [9.17, 15) is 14.3 Å². The average Bonchev–Trinajstić information content (AvgIpc) is 2.69. The Morgan fingerprint density at radius 1 is 1.21 bits per heavy atom. The number of carbonyl (C=O) groups is 1. The van der Waals surface area contributed by atoms with Crippen molar-refractivity contribution in [1.82, 2.24) is 10.2 Å². The number of β-amino-alcohol motifs (C(OH)–C–C–N with tert-alkyl or cyclic N) is 1. The Morgan fingerprint density at radius 2 is 1.97 bits per heavy atom. The van der Waals surface area contributed by atoms with Gasteiger partial charge in [0.05, 0.1) is 6.54 Å². The largest absolute Gasteiger partial charge is 0.491 e. The van der Waals surface area contributed by atoms with Gasteiger partial charge in [0.15, 0.2) is 0 Å². The van der Waals surface area contributed by atoms with E-state index < -0.39 is 5.60 Å². The number of likely N-dealkylation sites (tertiary alicyclic amines) is 1. The molecule has 1 amide bonds. The Balaban J connectivity index is 1.47. The SMILES string of the molecule is Cc1ccc(OCC2(O)CCCN(CC(=O)NCc3ccc(F)cc3)C2)cc1C. The molecule has 0 bridgehead atoms. The predicted molar refractivity (Wildman–Crippen MR) is 110 cm³/mol. The van der Waals surface area contributed by atoms with Crippen LogP contribution in [-0.2, 0) is 11.3 Å². The molecule has 3 rings (SSSR count). The van der Waals surface area contributed by atoms with Crippen LogP contribution in [0.1, 0.15) is 29.5 Å². The lowest BCUT2D eigenvalue weighted by Gasteiger charge is -2.38. The van der Waals surface area contributed by atoms with Crippen LogP contribution in [0.25, 0.3) is 0 Å². The number of rotatable bonds is 7. The molecule has 2 N–H and O–H groups in total. The highest BCUT2D eigenvalue weighted by molar-refractivity contribution is 5.78. The zero-order valence-corrected chi connectivity index (χ0v) is 17.1. The highest BCUT2D eigenvalue weighted by atomic mass is 19.1. The molecule has 1 fully saturated rings. The quantitative estimate of drug-likeness (QED) is 0.750. The van der Waals surface area contributed by atoms with Crippen molar-refractivity contribution >= 4 is 5.91 Å². The second kappa shape index (κ2) is 9.37. The summed E-state index contributed by atoms with van der Waals surface area (Å²) >= 11 is 0. The van der Waals surface area contributed by atoms with Gasteiger partial charge in [0.1, 0.15) is 23.8 Å². The molecule has 1 heterocycles. The molecule has 1 aliphatic heterocycles. The third kappa shape index (κ3) is 6.27. The molecule has 0 radical (unpaired) electrons. The van der Waals surface area contributed by atoms with Crippen LogP contribution in [0.4, 0.5) is 4.39 Å². The van der Waals surface area contributed by atoms with E-state index in [2.05, 4.69) is 5.32 Å². The molecular formula is C23H29FN2O3. The number of aryl methyl sites for hydroxylation is 2. The van der Waals surface area contributed by atoms with Crippen molar-refractivity contribution in [3.63, 3.8) is 0 Å². The Labute approximate surface area is 171 Å². The number of halogens is 1. The van der Waals surface area contributed by atoms with Gasteiger partial charge in [0.25, 0.3) is 0 Å². The molecule has 29 heavy (non-hydrogen) atoms. The van der Waals surface area contributed by atoms with Crippen molar-refractivity contribution in [3.05, 3.63) is 65.0 Å². The first-order chi connectivity index (χ1) is 13.8. The molecule has 156 valence electrons. The maximum absolute atomic E-state index is 12.9. The van der Waals surface area contributed by atoms with Crippen molar-refractivity contribution in [1.29, 1.82) is 0 Å². The lowest BCUT2D eigenvalue weighted by molar-refractivity contribution is -0.124. The van der Waals surface area contributed by atoms with E-state index in [1.165, 1.54) is 17.7 Å². The van der Waals surface area contributed by atoms with Gasteiger partial charge in [0.2, 0.25) is 5.91 Å². The van der Waals surface area contributed by atoms with Crippen molar-refractivity contribution < 1.29 is 19.0 Å². The maximum atomic E-state index is 12.9. The molecule has 2 aromatic rings. The number of amides is 1. The van der Waals surface area contributed by atoms with Crippen LogP contribution in [0.3, 0.4) is 0 Å². The molecule has 1 atom stereocenters. The van der Waals surface area contributed by atoms with E-state index in [-0.39, 0.29) is 24.9 Å². The summed E-state index contributed by atoms with van der Waals surface area (Å²) in [6.07, 6.45) is 1.45. The van der Waals surface area contributed by atoms with Crippen molar-refractivity contribution in [3.8, 4) is 5.75 Å². The Kier molecular flexibility index (Phi) is 6.87. The topological polar surface area (TPSA) is 61.8 Å². The minimum atomic E-state index is -0.978. The lowest BCUT2D eigenvalue weighted by atomic mass is 9.93. The summed E-state index contributed by atoms with van der Waals surface area (Å²) < 4.78 is 18.8. The van der Waals surface area contributed by atoms with Crippen LogP contribution in [0, 0.1) is 19.7 Å². The summed E-state index contributed by atoms with van der Waals surface area (Å²) in [5.41, 5.74) is 2.22. The fourth-order valence-corrected chi connectivity index (χ4v) is 3.54. The summed E-state index contributed by atoms with van der Waals surface area (Å²) in [6.45, 7) is 6.00. The first-order valence-corrected chi connectivity index (χ1v) is 9.99. The molecule has 2 aromatic carbocycles. The molecule has 0 aliphatic carbocycles. The van der Waals surface area contributed by atoms with Gasteiger partial charge in [-0.2, -0.15) is 0 Å². The van der Waals surface area contributed by atoms with Gasteiger partial charge in [-0.25, -0.2) is 4.39 Å². The number of aliphatic hydroxyl groups is 1. The molecule has 6 heteroatoms. The normalized spacial score (nSPS) is 19.7. The van der Waals surface area contributed by atoms with E-state index in [1.807, 2.05) is 36.9 Å². The standard InChI is InChI=1S/C23H29FN2O3/c1-17-4-9-21(12-18(17)2)29-16-23(28)10-3-11-26(15-23)14-22(27)25-13-19-5-7-20(24)8-6-19/h4-9,12,28H,3,10-11,13-16H2,1-2H3,(H,25,27). The number of nitrogens with zero attached hydrogens (tertiary/aromatic N) is 1. The summed E-state index contributed by atoms with van der Waals surface area (Å²) in [4.78, 5) is 14.2. The van der Waals surface area contributed by atoms with Gasteiger partial charge in [-0.15, -0.1) is 0 Å². The van der Waals surface area contributed by atoms with Crippen LogP contribution >= 0.6 is 0 Å². The molecule has 1 saturated heterocycles. The predicted octanol–water partition coefficient (Wildman–Crippen LogP) is 2.96. The van der Waals surface area contributed by atoms with Crippen LogP contribution in [0.5, 0.6) is 5.75 Å². The van der Waals surface area contributed by atoms with Gasteiger partial charge in [-0.05, 0) is 74.2 Å². The second-order valence-corrected chi connectivity index (χ2v) is 7.98. The number of benzene rings is 2. The number of piperidine rings is 1. The zero-order valence-electron chi connectivity index (χ0n) is 17.1. The number of hydrogen-bond acceptors (Lipinski definition) is 4. The summed E-state index contributed by atoms with van der Waals surface area (Å²) in [5.74, 6) is 0.333. The summed E-state index contributed by atoms with van der Waals surface area (Å²) in [7, 11) is 0. The van der Waals surface area contributed by atoms with E-state index in [1.54, 1.807) is 12.1 Å². The molecule has 0 saturated carbocycles. The minimum absolute atomic E-state index is 0.117. The summed E-state index contributed by atoms with van der Waals surface area (Å²) in [6, 6.07) is 12.0. The highest BCUT2D eigenvalue weighted by Crippen LogP contribution is 2.24. The van der Waals surface area contributed by atoms with Crippen LogP contribution < -0.4 is 10.1 Å². The van der Waals surface area contributed by atoms with Crippen molar-refractivity contribution in [2.24, 2.45) is 0 Å². The minimum Gasteiger partial charge on any atom is -0.491 e. The van der Waals surface area contributed by atoms with Crippen molar-refractivity contribution in [2.75, 3.05) is 26.2 Å². The maximum Gasteiger partial charge on any atom is 0.234 e. The Bertz CT molecular complexity index is 841. The van der Waals surface area contributed by atoms with Gasteiger partial charge in [-0.3, -0.25) is 9.69 Å². The average molecular weight is 400 g/mol.